The van der Waals surface area contributed by atoms with Crippen molar-refractivity contribution in [2.45, 2.75) is 32.1 Å². The number of hydrogen-bond acceptors (Lipinski definition) is 1. The molecule has 0 heterocycles. The quantitative estimate of drug-likeness (QED) is 0.704. The molecule has 0 spiro atoms. The fourth-order valence-electron chi connectivity index (χ4n) is 1.71. The molecule has 0 saturated heterocycles. The van der Waals surface area contributed by atoms with E-state index < -0.39 is 5.82 Å². The lowest BCUT2D eigenvalue weighted by molar-refractivity contribution is 0.383. The lowest BCUT2D eigenvalue weighted by Gasteiger charge is -2.26. The summed E-state index contributed by atoms with van der Waals surface area (Å²) in [4.78, 5) is 0. The molecule has 1 N–H and O–H groups in total. The molecule has 0 unspecified atom stereocenters. The highest BCUT2D eigenvalue weighted by Gasteiger charge is 2.24. The second kappa shape index (κ2) is 3.02. The topological polar surface area (TPSA) is 20.2 Å². The van der Waals surface area contributed by atoms with E-state index in [4.69, 9.17) is 0 Å². The van der Waals surface area contributed by atoms with E-state index in [-0.39, 0.29) is 5.75 Å². The zero-order valence-electron chi connectivity index (χ0n) is 7.68. The molecule has 0 aromatic heterocycles. The highest BCUT2D eigenvalue weighted by molar-refractivity contribution is 5.39. The van der Waals surface area contributed by atoms with Crippen LogP contribution in [0.15, 0.2) is 12.1 Å². The predicted molar refractivity (Wildman–Crippen MR) is 49.4 cm³/mol. The van der Waals surface area contributed by atoms with Crippen LogP contribution in [-0.4, -0.2) is 5.11 Å². The fourth-order valence-corrected chi connectivity index (χ4v) is 1.71. The summed E-state index contributed by atoms with van der Waals surface area (Å²) in [6.45, 7) is 1.71. The minimum atomic E-state index is -0.412. The fraction of sp³-hybridized carbons (Fsp3) is 0.455. The Hall–Kier alpha value is -1.05. The van der Waals surface area contributed by atoms with E-state index in [1.54, 1.807) is 19.1 Å². The Morgan fingerprint density at radius 3 is 2.62 bits per heavy atom. The largest absolute Gasteiger partial charge is 0.505 e. The molecule has 2 heteroatoms. The van der Waals surface area contributed by atoms with Gasteiger partial charge in [0.25, 0.3) is 0 Å². The molecule has 0 amide bonds. The summed E-state index contributed by atoms with van der Waals surface area (Å²) >= 11 is 0. The summed E-state index contributed by atoms with van der Waals surface area (Å²) in [5.41, 5.74) is 1.30. The summed E-state index contributed by atoms with van der Waals surface area (Å²) in [5.74, 6) is -0.249. The van der Waals surface area contributed by atoms with Gasteiger partial charge in [-0.25, -0.2) is 4.39 Å². The number of hydrogen-bond donors (Lipinski definition) is 1. The molecular weight excluding hydrogens is 167 g/mol. The monoisotopic (exact) mass is 180 g/mol. The van der Waals surface area contributed by atoms with Crippen molar-refractivity contribution in [2.75, 3.05) is 0 Å². The number of phenols is 1. The van der Waals surface area contributed by atoms with Crippen molar-refractivity contribution in [1.29, 1.82) is 0 Å². The summed E-state index contributed by atoms with van der Waals surface area (Å²) in [5, 5.41) is 9.38. The summed E-state index contributed by atoms with van der Waals surface area (Å²) in [7, 11) is 0. The van der Waals surface area contributed by atoms with E-state index in [1.165, 1.54) is 6.42 Å². The first-order valence-corrected chi connectivity index (χ1v) is 4.68. The lowest BCUT2D eigenvalue weighted by Crippen LogP contribution is -2.10. The van der Waals surface area contributed by atoms with Gasteiger partial charge in [0.05, 0.1) is 0 Å². The van der Waals surface area contributed by atoms with Crippen LogP contribution in [0.1, 0.15) is 36.3 Å². The van der Waals surface area contributed by atoms with Crippen LogP contribution in [0.4, 0.5) is 4.39 Å². The molecule has 1 nitrogen and oxygen atoms in total. The summed E-state index contributed by atoms with van der Waals surface area (Å²) in [6.07, 6.45) is 3.29. The third-order valence-electron chi connectivity index (χ3n) is 2.89. The average molecular weight is 180 g/mol. The highest BCUT2D eigenvalue weighted by Crippen LogP contribution is 2.39. The maximum atomic E-state index is 13.5. The van der Waals surface area contributed by atoms with Crippen molar-refractivity contribution in [3.8, 4) is 5.75 Å². The Morgan fingerprint density at radius 2 is 2.08 bits per heavy atom. The van der Waals surface area contributed by atoms with Crippen molar-refractivity contribution >= 4 is 0 Å². The van der Waals surface area contributed by atoms with Crippen LogP contribution in [0.2, 0.25) is 0 Å². The maximum absolute atomic E-state index is 13.5. The predicted octanol–water partition coefficient (Wildman–Crippen LogP) is 3.11. The highest BCUT2D eigenvalue weighted by atomic mass is 19.1. The van der Waals surface area contributed by atoms with Gasteiger partial charge in [-0.3, -0.25) is 0 Å². The molecule has 1 fully saturated rings. The molecule has 0 radical (unpaired) electrons. The van der Waals surface area contributed by atoms with Gasteiger partial charge in [0.15, 0.2) is 11.6 Å². The van der Waals surface area contributed by atoms with Gasteiger partial charge in [-0.05, 0) is 36.8 Å². The van der Waals surface area contributed by atoms with Gasteiger partial charge < -0.3 is 5.11 Å². The minimum Gasteiger partial charge on any atom is -0.505 e. The van der Waals surface area contributed by atoms with Gasteiger partial charge in [-0.2, -0.15) is 0 Å². The van der Waals surface area contributed by atoms with Gasteiger partial charge >= 0.3 is 0 Å². The summed E-state index contributed by atoms with van der Waals surface area (Å²) in [6, 6.07) is 3.58. The van der Waals surface area contributed by atoms with Crippen LogP contribution in [0.3, 0.4) is 0 Å². The molecule has 1 aliphatic carbocycles. The molecule has 2 rings (SSSR count). The maximum Gasteiger partial charge on any atom is 0.168 e. The van der Waals surface area contributed by atoms with E-state index in [9.17, 15) is 9.50 Å². The molecule has 1 aromatic carbocycles. The van der Waals surface area contributed by atoms with E-state index in [1.807, 2.05) is 0 Å². The van der Waals surface area contributed by atoms with Crippen molar-refractivity contribution in [2.24, 2.45) is 0 Å². The molecule has 1 saturated carbocycles. The van der Waals surface area contributed by atoms with Crippen LogP contribution >= 0.6 is 0 Å². The third-order valence-corrected chi connectivity index (χ3v) is 2.89. The van der Waals surface area contributed by atoms with E-state index in [2.05, 4.69) is 0 Å². The van der Waals surface area contributed by atoms with Crippen molar-refractivity contribution in [3.63, 3.8) is 0 Å². The van der Waals surface area contributed by atoms with Gasteiger partial charge in [0.2, 0.25) is 0 Å². The lowest BCUT2D eigenvalue weighted by atomic mass is 9.79. The molecule has 1 aromatic rings. The van der Waals surface area contributed by atoms with Gasteiger partial charge in [0.1, 0.15) is 0 Å². The van der Waals surface area contributed by atoms with Crippen LogP contribution in [0.25, 0.3) is 0 Å². The number of halogens is 1. The van der Waals surface area contributed by atoms with Crippen molar-refractivity contribution in [3.05, 3.63) is 29.1 Å². The average Bonchev–Trinajstić information content (AvgIpc) is 2.03. The van der Waals surface area contributed by atoms with Gasteiger partial charge in [-0.15, -0.1) is 0 Å². The van der Waals surface area contributed by atoms with Crippen LogP contribution in [-0.2, 0) is 0 Å². The number of benzene rings is 1. The molecular formula is C11H13FO. The second-order valence-electron chi connectivity index (χ2n) is 3.76. The first kappa shape index (κ1) is 8.54. The standard InChI is InChI=1S/C11H13FO/c1-7-5-6-9(8-3-2-4-8)10(12)11(7)13/h5-6,8,13H,2-4H2,1H3. The summed E-state index contributed by atoms with van der Waals surface area (Å²) < 4.78 is 13.5. The first-order chi connectivity index (χ1) is 6.20. The molecule has 13 heavy (non-hydrogen) atoms. The molecule has 70 valence electrons. The van der Waals surface area contributed by atoms with E-state index >= 15 is 0 Å². The SMILES string of the molecule is Cc1ccc(C2CCC2)c(F)c1O. The zero-order chi connectivity index (χ0) is 9.42. The van der Waals surface area contributed by atoms with Crippen molar-refractivity contribution in [1.82, 2.24) is 0 Å². The smallest absolute Gasteiger partial charge is 0.168 e. The Kier molecular flexibility index (Phi) is 1.98. The van der Waals surface area contributed by atoms with E-state index in [0.29, 0.717) is 17.0 Å². The minimum absolute atomic E-state index is 0.176. The van der Waals surface area contributed by atoms with Gasteiger partial charge in [-0.1, -0.05) is 18.6 Å². The number of aryl methyl sites for hydroxylation is 1. The number of rotatable bonds is 1. The Labute approximate surface area is 77.2 Å². The van der Waals surface area contributed by atoms with Gasteiger partial charge in [0, 0.05) is 0 Å². The second-order valence-corrected chi connectivity index (χ2v) is 3.76. The van der Waals surface area contributed by atoms with E-state index in [0.717, 1.165) is 12.8 Å². The number of aromatic hydroxyl groups is 1. The Balaban J connectivity index is 2.41. The van der Waals surface area contributed by atoms with Crippen molar-refractivity contribution < 1.29 is 9.50 Å². The first-order valence-electron chi connectivity index (χ1n) is 4.68. The number of phenolic OH excluding ortho intramolecular Hbond substituents is 1. The zero-order valence-corrected chi connectivity index (χ0v) is 7.68. The molecule has 1 aliphatic rings. The Bertz CT molecular complexity index is 329. The Morgan fingerprint density at radius 1 is 1.38 bits per heavy atom. The van der Waals surface area contributed by atoms with Crippen LogP contribution in [0.5, 0.6) is 5.75 Å². The third kappa shape index (κ3) is 1.30. The molecule has 0 aliphatic heterocycles. The van der Waals surface area contributed by atoms with Crippen LogP contribution < -0.4 is 0 Å². The molecule has 0 bridgehead atoms. The molecule has 0 atom stereocenters. The normalized spacial score (nSPS) is 17.1. The van der Waals surface area contributed by atoms with Crippen LogP contribution in [0, 0.1) is 12.7 Å².